The third kappa shape index (κ3) is 5.04. The van der Waals surface area contributed by atoms with Crippen LogP contribution >= 0.6 is 0 Å². The molecule has 3 aromatic rings. The quantitative estimate of drug-likeness (QED) is 0.526. The van der Waals surface area contributed by atoms with E-state index in [4.69, 9.17) is 9.47 Å². The minimum atomic E-state index is -0.727. The van der Waals surface area contributed by atoms with E-state index >= 15 is 0 Å². The van der Waals surface area contributed by atoms with Gasteiger partial charge in [0.2, 0.25) is 0 Å². The smallest absolute Gasteiger partial charge is 0.254 e. The monoisotopic (exact) mass is 470 g/mol. The summed E-state index contributed by atoms with van der Waals surface area (Å²) in [6.45, 7) is 1.95. The van der Waals surface area contributed by atoms with E-state index in [9.17, 15) is 13.6 Å². The van der Waals surface area contributed by atoms with E-state index in [1.807, 2.05) is 18.2 Å². The molecule has 180 valence electrons. The van der Waals surface area contributed by atoms with Gasteiger partial charge in [0.15, 0.2) is 5.82 Å². The van der Waals surface area contributed by atoms with Crippen LogP contribution in [0.2, 0.25) is 0 Å². The normalized spacial score (nSPS) is 14.1. The number of aromatic nitrogens is 2. The maximum absolute atomic E-state index is 14.6. The van der Waals surface area contributed by atoms with Gasteiger partial charge in [-0.3, -0.25) is 4.79 Å². The lowest BCUT2D eigenvalue weighted by atomic mass is 9.91. The van der Waals surface area contributed by atoms with E-state index in [1.54, 1.807) is 14.2 Å². The van der Waals surface area contributed by atoms with Crippen molar-refractivity contribution in [2.24, 2.45) is 0 Å². The number of halogens is 2. The fourth-order valence-electron chi connectivity index (χ4n) is 4.35. The number of hydrogen-bond donors (Lipinski definition) is 2. The summed E-state index contributed by atoms with van der Waals surface area (Å²) >= 11 is 0. The minimum absolute atomic E-state index is 0.0208. The Morgan fingerprint density at radius 2 is 1.94 bits per heavy atom. The van der Waals surface area contributed by atoms with Crippen LogP contribution in [0.1, 0.15) is 40.4 Å². The third-order valence-electron chi connectivity index (χ3n) is 6.08. The Morgan fingerprint density at radius 1 is 1.15 bits per heavy atom. The molecule has 2 N–H and O–H groups in total. The van der Waals surface area contributed by atoms with Gasteiger partial charge in [0.05, 0.1) is 31.7 Å². The van der Waals surface area contributed by atoms with Crippen molar-refractivity contribution in [2.45, 2.75) is 25.2 Å². The average molecular weight is 471 g/mol. The van der Waals surface area contributed by atoms with Gasteiger partial charge in [0.25, 0.3) is 5.91 Å². The molecule has 1 saturated heterocycles. The second-order valence-corrected chi connectivity index (χ2v) is 8.16. The Kier molecular flexibility index (Phi) is 7.42. The van der Waals surface area contributed by atoms with Crippen molar-refractivity contribution in [3.8, 4) is 17.2 Å². The minimum Gasteiger partial charge on any atom is -0.497 e. The highest BCUT2D eigenvalue weighted by atomic mass is 19.1. The zero-order valence-corrected chi connectivity index (χ0v) is 19.2. The summed E-state index contributed by atoms with van der Waals surface area (Å²) in [5.74, 6) is -0.238. The Morgan fingerprint density at radius 3 is 2.65 bits per heavy atom. The van der Waals surface area contributed by atoms with E-state index in [2.05, 4.69) is 15.7 Å². The van der Waals surface area contributed by atoms with Gasteiger partial charge in [-0.25, -0.2) is 13.5 Å². The molecule has 9 heteroatoms. The number of nitrogens with one attached hydrogen (secondary N) is 2. The third-order valence-corrected chi connectivity index (χ3v) is 6.08. The number of carbonyl (C=O) groups is 1. The molecule has 0 atom stereocenters. The Balaban J connectivity index is 1.57. The summed E-state index contributed by atoms with van der Waals surface area (Å²) in [5, 5.41) is 10.6. The average Bonchev–Trinajstić information content (AvgIpc) is 3.29. The molecule has 0 spiro atoms. The van der Waals surface area contributed by atoms with Crippen LogP contribution in [0, 0.1) is 11.6 Å². The van der Waals surface area contributed by atoms with E-state index < -0.39 is 11.6 Å². The van der Waals surface area contributed by atoms with Crippen LogP contribution in [0.15, 0.2) is 42.6 Å². The van der Waals surface area contributed by atoms with Gasteiger partial charge in [-0.05, 0) is 68.2 Å². The Hall–Kier alpha value is -3.46. The van der Waals surface area contributed by atoms with Crippen LogP contribution in [0.5, 0.6) is 11.5 Å². The fourth-order valence-corrected chi connectivity index (χ4v) is 4.35. The second-order valence-electron chi connectivity index (χ2n) is 8.16. The van der Waals surface area contributed by atoms with E-state index in [1.165, 1.54) is 23.0 Å². The lowest BCUT2D eigenvalue weighted by molar-refractivity contribution is 0.0952. The number of piperidine rings is 1. The molecule has 1 aromatic heterocycles. The summed E-state index contributed by atoms with van der Waals surface area (Å²) in [5.41, 5.74) is 2.07. The predicted octanol–water partition coefficient (Wildman–Crippen LogP) is 3.61. The largest absolute Gasteiger partial charge is 0.497 e. The highest BCUT2D eigenvalue weighted by molar-refractivity contribution is 5.95. The van der Waals surface area contributed by atoms with Crippen molar-refractivity contribution in [1.29, 1.82) is 0 Å². The summed E-state index contributed by atoms with van der Waals surface area (Å²) in [7, 11) is 3.19. The highest BCUT2D eigenvalue weighted by Gasteiger charge is 2.28. The maximum Gasteiger partial charge on any atom is 0.254 e. The van der Waals surface area contributed by atoms with Gasteiger partial charge >= 0.3 is 0 Å². The van der Waals surface area contributed by atoms with Crippen LogP contribution in [-0.2, 0) is 6.42 Å². The molecular weight excluding hydrogens is 442 g/mol. The summed E-state index contributed by atoms with van der Waals surface area (Å²) in [6.07, 6.45) is 3.57. The number of rotatable bonds is 8. The van der Waals surface area contributed by atoms with E-state index in [0.717, 1.165) is 37.6 Å². The fraction of sp³-hybridized carbons (Fsp3) is 0.360. The molecule has 2 heterocycles. The standard InChI is InChI=1S/C25H28F2N4O3/c1-33-19-4-6-23(34-2)17(13-19)9-12-29-25(32)20-15-30-31(22-5-3-18(26)14-21(22)27)24(20)16-7-10-28-11-8-16/h3-6,13-16,28H,7-12H2,1-2H3,(H,29,32). The number of benzene rings is 2. The van der Waals surface area contributed by atoms with Gasteiger partial charge in [0, 0.05) is 18.5 Å². The first kappa shape index (κ1) is 23.7. The van der Waals surface area contributed by atoms with Gasteiger partial charge in [-0.2, -0.15) is 5.10 Å². The summed E-state index contributed by atoms with van der Waals surface area (Å²) < 4.78 is 40.2. The predicted molar refractivity (Wildman–Crippen MR) is 124 cm³/mol. The van der Waals surface area contributed by atoms with Crippen LogP contribution in [0.3, 0.4) is 0 Å². The SMILES string of the molecule is COc1ccc(OC)c(CCNC(=O)c2cnn(-c3ccc(F)cc3F)c2C2CCNCC2)c1. The number of ether oxygens (including phenoxy) is 2. The molecule has 0 aliphatic carbocycles. The first-order valence-corrected chi connectivity index (χ1v) is 11.2. The second kappa shape index (κ2) is 10.6. The lowest BCUT2D eigenvalue weighted by Crippen LogP contribution is -2.31. The highest BCUT2D eigenvalue weighted by Crippen LogP contribution is 2.31. The first-order valence-electron chi connectivity index (χ1n) is 11.2. The molecule has 1 aliphatic rings. The van der Waals surface area contributed by atoms with Crippen molar-refractivity contribution in [1.82, 2.24) is 20.4 Å². The molecule has 1 aliphatic heterocycles. The lowest BCUT2D eigenvalue weighted by Gasteiger charge is -2.25. The van der Waals surface area contributed by atoms with Gasteiger partial charge in [-0.1, -0.05) is 0 Å². The van der Waals surface area contributed by atoms with Crippen molar-refractivity contribution >= 4 is 5.91 Å². The molecule has 4 rings (SSSR count). The molecule has 1 fully saturated rings. The van der Waals surface area contributed by atoms with Crippen molar-refractivity contribution in [3.05, 3.63) is 71.1 Å². The molecule has 0 saturated carbocycles. The summed E-state index contributed by atoms with van der Waals surface area (Å²) in [6, 6.07) is 8.87. The van der Waals surface area contributed by atoms with E-state index in [0.29, 0.717) is 35.7 Å². The topological polar surface area (TPSA) is 77.4 Å². The molecule has 0 unspecified atom stereocenters. The van der Waals surface area contributed by atoms with Gasteiger partial charge < -0.3 is 20.1 Å². The number of amides is 1. The molecule has 7 nitrogen and oxygen atoms in total. The number of carbonyl (C=O) groups excluding carboxylic acids is 1. The number of hydrogen-bond acceptors (Lipinski definition) is 5. The molecular formula is C25H28F2N4O3. The van der Waals surface area contributed by atoms with Crippen molar-refractivity contribution in [2.75, 3.05) is 33.9 Å². The van der Waals surface area contributed by atoms with Crippen LogP contribution < -0.4 is 20.1 Å². The Bertz CT molecular complexity index is 1160. The number of methoxy groups -OCH3 is 2. The molecule has 0 radical (unpaired) electrons. The van der Waals surface area contributed by atoms with Gasteiger partial charge in [-0.15, -0.1) is 0 Å². The van der Waals surface area contributed by atoms with Gasteiger partial charge in [0.1, 0.15) is 23.0 Å². The van der Waals surface area contributed by atoms with Crippen molar-refractivity contribution in [3.63, 3.8) is 0 Å². The number of nitrogens with zero attached hydrogens (tertiary/aromatic N) is 2. The zero-order chi connectivity index (χ0) is 24.1. The molecule has 1 amide bonds. The maximum atomic E-state index is 14.6. The van der Waals surface area contributed by atoms with Crippen LogP contribution in [0.4, 0.5) is 8.78 Å². The molecule has 2 aromatic carbocycles. The van der Waals surface area contributed by atoms with E-state index in [-0.39, 0.29) is 17.5 Å². The summed E-state index contributed by atoms with van der Waals surface area (Å²) in [4.78, 5) is 13.2. The zero-order valence-electron chi connectivity index (χ0n) is 19.2. The van der Waals surface area contributed by atoms with Crippen LogP contribution in [0.25, 0.3) is 5.69 Å². The van der Waals surface area contributed by atoms with Crippen LogP contribution in [-0.4, -0.2) is 49.5 Å². The van der Waals surface area contributed by atoms with Crippen molar-refractivity contribution < 1.29 is 23.0 Å². The Labute approximate surface area is 197 Å². The first-order chi connectivity index (χ1) is 16.5. The molecule has 0 bridgehead atoms. The molecule has 34 heavy (non-hydrogen) atoms.